The molecule has 0 bridgehead atoms. The van der Waals surface area contributed by atoms with Crippen molar-refractivity contribution in [1.29, 1.82) is 0 Å². The number of carbonyl (C=O) groups excluding carboxylic acids is 1. The minimum absolute atomic E-state index is 0. The number of aromatic nitrogens is 1. The van der Waals surface area contributed by atoms with Gasteiger partial charge in [-0.15, -0.1) is 24.0 Å². The summed E-state index contributed by atoms with van der Waals surface area (Å²) in [6, 6.07) is 5.85. The second kappa shape index (κ2) is 13.0. The Balaban J connectivity index is 0.00000420. The zero-order chi connectivity index (χ0) is 20.4. The first kappa shape index (κ1) is 25.7. The Morgan fingerprint density at radius 3 is 2.62 bits per heavy atom. The molecule has 0 radical (unpaired) electrons. The van der Waals surface area contributed by atoms with E-state index in [9.17, 15) is 4.79 Å². The fourth-order valence-corrected chi connectivity index (χ4v) is 3.83. The SMILES string of the molecule is CCNC(=NCC(=O)N(C)CCc1ccccn1)NCC1(CC(C)C)CCC1.I. The van der Waals surface area contributed by atoms with Gasteiger partial charge < -0.3 is 15.5 Å². The van der Waals surface area contributed by atoms with Crippen molar-refractivity contribution >= 4 is 35.8 Å². The lowest BCUT2D eigenvalue weighted by Crippen LogP contribution is -2.47. The van der Waals surface area contributed by atoms with Gasteiger partial charge in [-0.25, -0.2) is 4.99 Å². The Kier molecular flexibility index (Phi) is 11.5. The van der Waals surface area contributed by atoms with Crippen molar-refractivity contribution < 1.29 is 4.79 Å². The molecule has 1 aliphatic rings. The maximum absolute atomic E-state index is 12.4. The lowest BCUT2D eigenvalue weighted by atomic mass is 9.64. The summed E-state index contributed by atoms with van der Waals surface area (Å²) in [6.07, 6.45) is 7.67. The Bertz CT molecular complexity index is 631. The molecule has 1 aromatic rings. The summed E-state index contributed by atoms with van der Waals surface area (Å²) in [5, 5.41) is 6.75. The quantitative estimate of drug-likeness (QED) is 0.285. The van der Waals surface area contributed by atoms with Gasteiger partial charge >= 0.3 is 0 Å². The molecule has 6 nitrogen and oxygen atoms in total. The van der Waals surface area contributed by atoms with Crippen molar-refractivity contribution in [2.24, 2.45) is 16.3 Å². The number of amides is 1. The number of guanidine groups is 1. The molecule has 164 valence electrons. The smallest absolute Gasteiger partial charge is 0.244 e. The summed E-state index contributed by atoms with van der Waals surface area (Å²) in [7, 11) is 1.83. The van der Waals surface area contributed by atoms with E-state index in [-0.39, 0.29) is 36.4 Å². The normalized spacial score (nSPS) is 15.3. The van der Waals surface area contributed by atoms with Gasteiger partial charge in [0.1, 0.15) is 6.54 Å². The predicted octanol–water partition coefficient (Wildman–Crippen LogP) is 3.47. The molecule has 0 atom stereocenters. The number of hydrogen-bond donors (Lipinski definition) is 2. The van der Waals surface area contributed by atoms with Gasteiger partial charge in [0, 0.05) is 45.0 Å². The Morgan fingerprint density at radius 2 is 2.07 bits per heavy atom. The van der Waals surface area contributed by atoms with E-state index < -0.39 is 0 Å². The molecule has 1 fully saturated rings. The average molecular weight is 515 g/mol. The fraction of sp³-hybridized carbons (Fsp3) is 0.682. The maximum Gasteiger partial charge on any atom is 0.244 e. The lowest BCUT2D eigenvalue weighted by Gasteiger charge is -2.43. The highest BCUT2D eigenvalue weighted by Crippen LogP contribution is 2.45. The predicted molar refractivity (Wildman–Crippen MR) is 131 cm³/mol. The van der Waals surface area contributed by atoms with Crippen LogP contribution in [0.3, 0.4) is 0 Å². The monoisotopic (exact) mass is 515 g/mol. The summed E-state index contributed by atoms with van der Waals surface area (Å²) < 4.78 is 0. The van der Waals surface area contributed by atoms with Crippen LogP contribution < -0.4 is 10.6 Å². The van der Waals surface area contributed by atoms with Crippen molar-refractivity contribution in [3.8, 4) is 0 Å². The summed E-state index contributed by atoms with van der Waals surface area (Å²) in [5.74, 6) is 1.47. The molecule has 7 heteroatoms. The second-order valence-electron chi connectivity index (χ2n) is 8.39. The van der Waals surface area contributed by atoms with E-state index in [0.29, 0.717) is 17.9 Å². The largest absolute Gasteiger partial charge is 0.357 e. The Labute approximate surface area is 193 Å². The van der Waals surface area contributed by atoms with Crippen LogP contribution in [-0.2, 0) is 11.2 Å². The molecule has 2 rings (SSSR count). The van der Waals surface area contributed by atoms with Gasteiger partial charge in [0.25, 0.3) is 0 Å². The molecule has 1 aromatic heterocycles. The zero-order valence-corrected chi connectivity index (χ0v) is 20.7. The van der Waals surface area contributed by atoms with Crippen LogP contribution >= 0.6 is 24.0 Å². The topological polar surface area (TPSA) is 69.6 Å². The Morgan fingerprint density at radius 1 is 1.31 bits per heavy atom. The number of nitrogens with one attached hydrogen (secondary N) is 2. The number of halogens is 1. The van der Waals surface area contributed by atoms with Crippen LogP contribution in [0.15, 0.2) is 29.4 Å². The molecule has 1 saturated carbocycles. The minimum atomic E-state index is 0. The van der Waals surface area contributed by atoms with Gasteiger partial charge in [0.05, 0.1) is 0 Å². The van der Waals surface area contributed by atoms with E-state index in [4.69, 9.17) is 0 Å². The van der Waals surface area contributed by atoms with Crippen molar-refractivity contribution in [2.45, 2.75) is 52.9 Å². The molecule has 0 aromatic carbocycles. The van der Waals surface area contributed by atoms with Crippen molar-refractivity contribution in [3.63, 3.8) is 0 Å². The van der Waals surface area contributed by atoms with E-state index in [2.05, 4.69) is 34.5 Å². The maximum atomic E-state index is 12.4. The Hall–Kier alpha value is -1.38. The molecule has 1 amide bonds. The number of hydrogen-bond acceptors (Lipinski definition) is 3. The molecule has 29 heavy (non-hydrogen) atoms. The van der Waals surface area contributed by atoms with Crippen molar-refractivity contribution in [1.82, 2.24) is 20.5 Å². The van der Waals surface area contributed by atoms with Crippen LogP contribution in [0.25, 0.3) is 0 Å². The van der Waals surface area contributed by atoms with E-state index in [1.165, 1.54) is 25.7 Å². The molecule has 2 N–H and O–H groups in total. The van der Waals surface area contributed by atoms with Crippen LogP contribution in [-0.4, -0.2) is 55.0 Å². The first-order chi connectivity index (χ1) is 13.4. The number of carbonyl (C=O) groups is 1. The van der Waals surface area contributed by atoms with E-state index in [0.717, 1.165) is 31.2 Å². The van der Waals surface area contributed by atoms with Gasteiger partial charge in [-0.1, -0.05) is 26.3 Å². The van der Waals surface area contributed by atoms with Crippen LogP contribution in [0.1, 0.15) is 52.1 Å². The number of nitrogens with zero attached hydrogens (tertiary/aromatic N) is 3. The molecule has 0 saturated heterocycles. The zero-order valence-electron chi connectivity index (χ0n) is 18.4. The third-order valence-electron chi connectivity index (χ3n) is 5.46. The number of aliphatic imine (C=N–C) groups is 1. The molecular formula is C22H38IN5O. The molecular weight excluding hydrogens is 477 g/mol. The van der Waals surface area contributed by atoms with Crippen molar-refractivity contribution in [3.05, 3.63) is 30.1 Å². The van der Waals surface area contributed by atoms with Crippen molar-refractivity contribution in [2.75, 3.05) is 33.2 Å². The summed E-state index contributed by atoms with van der Waals surface area (Å²) >= 11 is 0. The highest BCUT2D eigenvalue weighted by Gasteiger charge is 2.37. The molecule has 0 unspecified atom stereocenters. The van der Waals surface area contributed by atoms with Crippen LogP contribution in [0, 0.1) is 11.3 Å². The minimum Gasteiger partial charge on any atom is -0.357 e. The molecule has 0 spiro atoms. The number of likely N-dealkylation sites (N-methyl/N-ethyl adjacent to an activating group) is 1. The third-order valence-corrected chi connectivity index (χ3v) is 5.46. The van der Waals surface area contributed by atoms with E-state index in [1.54, 1.807) is 11.1 Å². The highest BCUT2D eigenvalue weighted by atomic mass is 127. The lowest BCUT2D eigenvalue weighted by molar-refractivity contribution is -0.128. The fourth-order valence-electron chi connectivity index (χ4n) is 3.83. The van der Waals surface area contributed by atoms with Crippen LogP contribution in [0.5, 0.6) is 0 Å². The van der Waals surface area contributed by atoms with Gasteiger partial charge in [-0.3, -0.25) is 9.78 Å². The number of rotatable bonds is 10. The van der Waals surface area contributed by atoms with Crippen LogP contribution in [0.2, 0.25) is 0 Å². The molecule has 0 aliphatic heterocycles. The summed E-state index contributed by atoms with van der Waals surface area (Å²) in [4.78, 5) is 23.0. The van der Waals surface area contributed by atoms with E-state index >= 15 is 0 Å². The first-order valence-electron chi connectivity index (χ1n) is 10.6. The standard InChI is InChI=1S/C22H37N5O.HI/c1-5-23-21(26-17-22(11-8-12-22)15-18(2)3)25-16-20(28)27(4)14-10-19-9-6-7-13-24-19;/h6-7,9,13,18H,5,8,10-12,14-17H2,1-4H3,(H2,23,25,26);1H. The average Bonchev–Trinajstić information content (AvgIpc) is 2.66. The van der Waals surface area contributed by atoms with E-state index in [1.807, 2.05) is 32.2 Å². The van der Waals surface area contributed by atoms with Gasteiger partial charge in [0.2, 0.25) is 5.91 Å². The molecule has 1 heterocycles. The van der Waals surface area contributed by atoms with Gasteiger partial charge in [-0.05, 0) is 49.7 Å². The van der Waals surface area contributed by atoms with Gasteiger partial charge in [0.15, 0.2) is 5.96 Å². The number of pyridine rings is 1. The first-order valence-corrected chi connectivity index (χ1v) is 10.6. The van der Waals surface area contributed by atoms with Crippen LogP contribution in [0.4, 0.5) is 0 Å². The third kappa shape index (κ3) is 8.88. The summed E-state index contributed by atoms with van der Waals surface area (Å²) in [6.45, 7) is 9.15. The highest BCUT2D eigenvalue weighted by molar-refractivity contribution is 14.0. The molecule has 1 aliphatic carbocycles. The van der Waals surface area contributed by atoms with Gasteiger partial charge in [-0.2, -0.15) is 0 Å². The summed E-state index contributed by atoms with van der Waals surface area (Å²) in [5.41, 5.74) is 1.39. The second-order valence-corrected chi connectivity index (χ2v) is 8.39.